The summed E-state index contributed by atoms with van der Waals surface area (Å²) in [7, 11) is 0. The van der Waals surface area contributed by atoms with E-state index < -0.39 is 11.7 Å². The zero-order valence-electron chi connectivity index (χ0n) is 6.02. The lowest BCUT2D eigenvalue weighted by atomic mass is 10.3. The van der Waals surface area contributed by atoms with Gasteiger partial charge in [0.2, 0.25) is 0 Å². The van der Waals surface area contributed by atoms with Crippen LogP contribution in [0.25, 0.3) is 0 Å². The van der Waals surface area contributed by atoms with E-state index in [0.29, 0.717) is 0 Å². The van der Waals surface area contributed by atoms with Crippen LogP contribution in [0.5, 0.6) is 5.75 Å². The smallest absolute Gasteiger partial charge is 0.379 e. The molecule has 1 rings (SSSR count). The van der Waals surface area contributed by atoms with Crippen molar-refractivity contribution in [2.45, 2.75) is 0 Å². The lowest BCUT2D eigenvalue weighted by Crippen LogP contribution is -2.12. The molecule has 0 bridgehead atoms. The minimum atomic E-state index is -0.931. The first-order valence-electron chi connectivity index (χ1n) is 3.01. The second-order valence-corrected chi connectivity index (χ2v) is 2.00. The fourth-order valence-corrected chi connectivity index (χ4v) is 0.674. The highest BCUT2D eigenvalue weighted by molar-refractivity contribution is 5.91. The summed E-state index contributed by atoms with van der Waals surface area (Å²) < 4.78 is 0. The number of nitrogens with zero attached hydrogens (tertiary/aromatic N) is 1. The van der Waals surface area contributed by atoms with E-state index in [2.05, 4.69) is 15.7 Å². The Labute approximate surface area is 67.7 Å². The molecule has 0 aromatic carbocycles. The molecule has 6 heteroatoms. The van der Waals surface area contributed by atoms with E-state index in [1.165, 1.54) is 12.3 Å². The van der Waals surface area contributed by atoms with E-state index in [4.69, 9.17) is 10.8 Å². The summed E-state index contributed by atoms with van der Waals surface area (Å²) in [6.07, 6.45) is 1.27. The molecule has 0 aliphatic rings. The molecule has 0 spiro atoms. The summed E-state index contributed by atoms with van der Waals surface area (Å²) in [4.78, 5) is 18.1. The molecule has 64 valence electrons. The Kier molecular flexibility index (Phi) is 2.11. The molecule has 0 unspecified atom stereocenters. The topological polar surface area (TPSA) is 111 Å². The lowest BCUT2D eigenvalue weighted by molar-refractivity contribution is 0.0493. The average Bonchev–Trinajstić information content (AvgIpc) is 2.08. The number of nitrogens with two attached hydrogens (primary N) is 2. The molecule has 1 heterocycles. The van der Waals surface area contributed by atoms with Gasteiger partial charge in [-0.05, 0) is 6.07 Å². The number of hydrogen-bond donors (Lipinski definition) is 3. The van der Waals surface area contributed by atoms with E-state index >= 15 is 0 Å². The minimum absolute atomic E-state index is 0.0467. The zero-order chi connectivity index (χ0) is 9.14. The number of nitrogen functional groups attached to an aromatic ring is 1. The van der Waals surface area contributed by atoms with Gasteiger partial charge in [-0.3, -0.25) is 0 Å². The third kappa shape index (κ3) is 1.28. The van der Waals surface area contributed by atoms with Gasteiger partial charge in [-0.2, -0.15) is 5.90 Å². The highest BCUT2D eigenvalue weighted by Gasteiger charge is 2.15. The van der Waals surface area contributed by atoms with Crippen molar-refractivity contribution >= 4 is 11.7 Å². The molecule has 0 aliphatic heterocycles. The van der Waals surface area contributed by atoms with Crippen molar-refractivity contribution in [3.63, 3.8) is 0 Å². The predicted molar refractivity (Wildman–Crippen MR) is 39.9 cm³/mol. The van der Waals surface area contributed by atoms with E-state index in [9.17, 15) is 4.79 Å². The summed E-state index contributed by atoms with van der Waals surface area (Å²) >= 11 is 0. The third-order valence-electron chi connectivity index (χ3n) is 1.26. The van der Waals surface area contributed by atoms with Gasteiger partial charge in [-0.25, -0.2) is 9.78 Å². The molecule has 0 amide bonds. The standard InChI is InChI=1S/C6H7N3O3/c7-3-1-2-9-4(5(3)10)6(11)12-8/h1-2,10H,8H2,(H2,7,9). The van der Waals surface area contributed by atoms with Crippen molar-refractivity contribution in [1.29, 1.82) is 0 Å². The van der Waals surface area contributed by atoms with Gasteiger partial charge in [0, 0.05) is 6.20 Å². The summed E-state index contributed by atoms with van der Waals surface area (Å²) in [5, 5.41) is 9.16. The third-order valence-corrected chi connectivity index (χ3v) is 1.26. The van der Waals surface area contributed by atoms with Gasteiger partial charge in [0.05, 0.1) is 5.69 Å². The van der Waals surface area contributed by atoms with Crippen molar-refractivity contribution in [2.75, 3.05) is 5.73 Å². The quantitative estimate of drug-likeness (QED) is 0.484. The fourth-order valence-electron chi connectivity index (χ4n) is 0.674. The Morgan fingerprint density at radius 1 is 1.67 bits per heavy atom. The van der Waals surface area contributed by atoms with Crippen molar-refractivity contribution in [3.8, 4) is 5.75 Å². The Morgan fingerprint density at radius 2 is 2.33 bits per heavy atom. The van der Waals surface area contributed by atoms with Crippen molar-refractivity contribution < 1.29 is 14.7 Å². The van der Waals surface area contributed by atoms with Gasteiger partial charge < -0.3 is 15.7 Å². The highest BCUT2D eigenvalue weighted by Crippen LogP contribution is 2.22. The number of rotatable bonds is 1. The molecular weight excluding hydrogens is 162 g/mol. The molecular formula is C6H7N3O3. The summed E-state index contributed by atoms with van der Waals surface area (Å²) in [6.45, 7) is 0. The van der Waals surface area contributed by atoms with E-state index in [-0.39, 0.29) is 11.4 Å². The van der Waals surface area contributed by atoms with Crippen LogP contribution in [0.4, 0.5) is 5.69 Å². The van der Waals surface area contributed by atoms with E-state index in [0.717, 1.165) is 0 Å². The van der Waals surface area contributed by atoms with Gasteiger partial charge in [0.1, 0.15) is 0 Å². The predicted octanol–water partition coefficient (Wildman–Crippen LogP) is -0.600. The molecule has 0 radical (unpaired) electrons. The average molecular weight is 169 g/mol. The maximum absolute atomic E-state index is 10.8. The van der Waals surface area contributed by atoms with Gasteiger partial charge in [-0.1, -0.05) is 0 Å². The number of hydrogen-bond acceptors (Lipinski definition) is 6. The van der Waals surface area contributed by atoms with Gasteiger partial charge in [0.15, 0.2) is 11.4 Å². The van der Waals surface area contributed by atoms with Crippen molar-refractivity contribution in [1.82, 2.24) is 4.98 Å². The van der Waals surface area contributed by atoms with Crippen LogP contribution in [-0.4, -0.2) is 16.1 Å². The highest BCUT2D eigenvalue weighted by atomic mass is 16.7. The Balaban J connectivity index is 3.16. The van der Waals surface area contributed by atoms with Crippen LogP contribution in [0.15, 0.2) is 12.3 Å². The number of aromatic hydroxyl groups is 1. The zero-order valence-corrected chi connectivity index (χ0v) is 6.02. The molecule has 5 N–H and O–H groups in total. The lowest BCUT2D eigenvalue weighted by Gasteiger charge is -2.01. The Bertz CT molecular complexity index is 313. The van der Waals surface area contributed by atoms with Crippen LogP contribution in [0.2, 0.25) is 0 Å². The first-order valence-corrected chi connectivity index (χ1v) is 3.01. The molecule has 1 aromatic heterocycles. The molecule has 6 nitrogen and oxygen atoms in total. The monoisotopic (exact) mass is 169 g/mol. The number of anilines is 1. The van der Waals surface area contributed by atoms with E-state index in [1.54, 1.807) is 0 Å². The molecule has 0 saturated heterocycles. The SMILES string of the molecule is NOC(=O)c1nccc(N)c1O. The number of pyridine rings is 1. The molecule has 0 atom stereocenters. The Morgan fingerprint density at radius 3 is 2.92 bits per heavy atom. The van der Waals surface area contributed by atoms with Crippen molar-refractivity contribution in [3.05, 3.63) is 18.0 Å². The van der Waals surface area contributed by atoms with E-state index in [1.807, 2.05) is 0 Å². The summed E-state index contributed by atoms with van der Waals surface area (Å²) in [5.74, 6) is 3.23. The second-order valence-electron chi connectivity index (χ2n) is 2.00. The number of carbonyl (C=O) groups is 1. The first-order chi connectivity index (χ1) is 5.66. The molecule has 1 aromatic rings. The van der Waals surface area contributed by atoms with Gasteiger partial charge >= 0.3 is 5.97 Å². The molecule has 0 fully saturated rings. The van der Waals surface area contributed by atoms with Crippen molar-refractivity contribution in [2.24, 2.45) is 5.90 Å². The maximum atomic E-state index is 10.8. The van der Waals surface area contributed by atoms with Crippen LogP contribution in [-0.2, 0) is 4.84 Å². The largest absolute Gasteiger partial charge is 0.504 e. The van der Waals surface area contributed by atoms with Gasteiger partial charge in [0.25, 0.3) is 0 Å². The molecule has 12 heavy (non-hydrogen) atoms. The van der Waals surface area contributed by atoms with Crippen LogP contribution in [0, 0.1) is 0 Å². The normalized spacial score (nSPS) is 9.42. The van der Waals surface area contributed by atoms with Crippen LogP contribution in [0.1, 0.15) is 10.5 Å². The van der Waals surface area contributed by atoms with Crippen LogP contribution >= 0.6 is 0 Å². The van der Waals surface area contributed by atoms with Gasteiger partial charge in [-0.15, -0.1) is 0 Å². The maximum Gasteiger partial charge on any atom is 0.379 e. The Hall–Kier alpha value is -1.82. The first kappa shape index (κ1) is 8.28. The summed E-state index contributed by atoms with van der Waals surface area (Å²) in [5.41, 5.74) is 5.03. The second kappa shape index (κ2) is 3.05. The summed E-state index contributed by atoms with van der Waals surface area (Å²) in [6, 6.07) is 1.35. The fraction of sp³-hybridized carbons (Fsp3) is 0. The number of aromatic nitrogens is 1. The minimum Gasteiger partial charge on any atom is -0.504 e. The van der Waals surface area contributed by atoms with Crippen LogP contribution in [0.3, 0.4) is 0 Å². The number of carbonyl (C=O) groups excluding carboxylic acids is 1. The molecule has 0 saturated carbocycles. The molecule has 0 aliphatic carbocycles. The van der Waals surface area contributed by atoms with Crippen LogP contribution < -0.4 is 11.6 Å².